The molecule has 0 amide bonds. The molecule has 0 aliphatic heterocycles. The van der Waals surface area contributed by atoms with E-state index in [9.17, 15) is 19.8 Å². The van der Waals surface area contributed by atoms with E-state index in [2.05, 4.69) is 0 Å². The molecule has 16 heavy (non-hydrogen) atoms. The largest absolute Gasteiger partial charge is 1.00 e. The van der Waals surface area contributed by atoms with Crippen LogP contribution >= 0.6 is 0 Å². The Morgan fingerprint density at radius 3 is 1.38 bits per heavy atom. The van der Waals surface area contributed by atoms with Crippen molar-refractivity contribution in [1.82, 2.24) is 0 Å². The first-order chi connectivity index (χ1) is 6.61. The first-order valence-electron chi connectivity index (χ1n) is 3.89. The standard InChI is InChI=1S/C10H6O4.2Li/c11-5-1-2-6(12)10-8(14)4-3-7(13)9(5)10;;/h1-4,11-12H;;/q;2*+1/p-2. The number of ketones is 2. The number of carbonyl (C=O) groups is 2. The van der Waals surface area contributed by atoms with Crippen molar-refractivity contribution < 1.29 is 57.5 Å². The molecule has 0 unspecified atom stereocenters. The molecule has 1 aromatic carbocycles. The summed E-state index contributed by atoms with van der Waals surface area (Å²) < 4.78 is 0. The van der Waals surface area contributed by atoms with Gasteiger partial charge in [0.15, 0.2) is 11.6 Å². The quantitative estimate of drug-likeness (QED) is 0.392. The number of hydrogen-bond acceptors (Lipinski definition) is 4. The Morgan fingerprint density at radius 2 is 1.06 bits per heavy atom. The van der Waals surface area contributed by atoms with Crippen LogP contribution in [0.3, 0.4) is 0 Å². The van der Waals surface area contributed by atoms with Gasteiger partial charge in [-0.15, -0.1) is 0 Å². The van der Waals surface area contributed by atoms with E-state index in [1.54, 1.807) is 0 Å². The van der Waals surface area contributed by atoms with Gasteiger partial charge in [-0.05, 0) is 12.2 Å². The second-order valence-electron chi connectivity index (χ2n) is 2.87. The molecule has 0 aromatic heterocycles. The van der Waals surface area contributed by atoms with Crippen molar-refractivity contribution >= 4 is 11.6 Å². The third-order valence-electron chi connectivity index (χ3n) is 2.01. The van der Waals surface area contributed by atoms with Crippen molar-refractivity contribution in [1.29, 1.82) is 0 Å². The normalized spacial score (nSPS) is 12.5. The minimum absolute atomic E-state index is 0. The van der Waals surface area contributed by atoms with Gasteiger partial charge in [0.05, 0.1) is 0 Å². The number of hydrogen-bond donors (Lipinski definition) is 0. The molecule has 0 bridgehead atoms. The van der Waals surface area contributed by atoms with Gasteiger partial charge in [0, 0.05) is 11.1 Å². The molecule has 1 aliphatic carbocycles. The SMILES string of the molecule is O=C1C=CC(=O)c2c([O-])ccc([O-])c21.[Li+].[Li+]. The van der Waals surface area contributed by atoms with Crippen LogP contribution in [0.15, 0.2) is 24.3 Å². The zero-order valence-electron chi connectivity index (χ0n) is 8.94. The molecule has 0 atom stereocenters. The maximum Gasteiger partial charge on any atom is 1.00 e. The molecule has 0 radical (unpaired) electrons. The monoisotopic (exact) mass is 202 g/mol. The molecule has 2 rings (SSSR count). The average molecular weight is 202 g/mol. The number of carbonyl (C=O) groups excluding carboxylic acids is 2. The van der Waals surface area contributed by atoms with Crippen LogP contribution in [0.25, 0.3) is 0 Å². The predicted molar refractivity (Wildman–Crippen MR) is 43.1 cm³/mol. The number of rotatable bonds is 0. The van der Waals surface area contributed by atoms with Crippen LogP contribution in [0.2, 0.25) is 0 Å². The topological polar surface area (TPSA) is 80.3 Å². The molecule has 0 heterocycles. The molecular formula is C10H4Li2O4. The van der Waals surface area contributed by atoms with Crippen LogP contribution in [0.5, 0.6) is 11.5 Å². The Kier molecular flexibility index (Phi) is 5.12. The van der Waals surface area contributed by atoms with Crippen LogP contribution < -0.4 is 47.9 Å². The van der Waals surface area contributed by atoms with Gasteiger partial charge in [-0.1, -0.05) is 23.6 Å². The summed E-state index contributed by atoms with van der Waals surface area (Å²) in [5, 5.41) is 22.5. The smallest absolute Gasteiger partial charge is 0.872 e. The zero-order chi connectivity index (χ0) is 10.3. The van der Waals surface area contributed by atoms with Gasteiger partial charge in [-0.25, -0.2) is 0 Å². The minimum Gasteiger partial charge on any atom is -0.872 e. The average Bonchev–Trinajstić information content (AvgIpc) is 2.16. The van der Waals surface area contributed by atoms with E-state index in [1.165, 1.54) is 0 Å². The Morgan fingerprint density at radius 1 is 0.750 bits per heavy atom. The molecular weight excluding hydrogens is 198 g/mol. The second kappa shape index (κ2) is 5.43. The van der Waals surface area contributed by atoms with Gasteiger partial charge >= 0.3 is 37.7 Å². The molecule has 0 saturated heterocycles. The minimum atomic E-state index is -0.581. The second-order valence-corrected chi connectivity index (χ2v) is 2.87. The molecule has 0 saturated carbocycles. The summed E-state index contributed by atoms with van der Waals surface area (Å²) >= 11 is 0. The number of benzene rings is 1. The van der Waals surface area contributed by atoms with Crippen molar-refractivity contribution in [2.45, 2.75) is 0 Å². The molecule has 1 aliphatic rings. The summed E-state index contributed by atoms with van der Waals surface area (Å²) in [5.41, 5.74) is -0.602. The molecule has 0 fully saturated rings. The Bertz CT molecular complexity index is 437. The molecule has 0 spiro atoms. The summed E-state index contributed by atoms with van der Waals surface area (Å²) in [6, 6.07) is 2.01. The summed E-state index contributed by atoms with van der Waals surface area (Å²) in [4.78, 5) is 22.5. The third-order valence-corrected chi connectivity index (χ3v) is 2.01. The summed E-state index contributed by atoms with van der Waals surface area (Å²) in [6.45, 7) is 0. The fourth-order valence-corrected chi connectivity index (χ4v) is 1.37. The first kappa shape index (κ1) is 15.1. The fraction of sp³-hybridized carbons (Fsp3) is 0. The first-order valence-corrected chi connectivity index (χ1v) is 3.89. The van der Waals surface area contributed by atoms with E-state index < -0.39 is 23.1 Å². The van der Waals surface area contributed by atoms with E-state index in [1.807, 2.05) is 0 Å². The predicted octanol–water partition coefficient (Wildman–Crippen LogP) is -6.22. The molecule has 1 aromatic rings. The van der Waals surface area contributed by atoms with Crippen LogP contribution in [0.1, 0.15) is 20.7 Å². The van der Waals surface area contributed by atoms with Crippen LogP contribution in [-0.2, 0) is 0 Å². The van der Waals surface area contributed by atoms with Crippen molar-refractivity contribution in [3.63, 3.8) is 0 Å². The van der Waals surface area contributed by atoms with Gasteiger partial charge in [0.1, 0.15) is 0 Å². The number of allylic oxidation sites excluding steroid dienone is 2. The number of fused-ring (bicyclic) bond motifs is 1. The van der Waals surface area contributed by atoms with Crippen molar-refractivity contribution in [2.75, 3.05) is 0 Å². The Hall–Kier alpha value is -0.905. The summed E-state index contributed by atoms with van der Waals surface area (Å²) in [7, 11) is 0. The van der Waals surface area contributed by atoms with Crippen LogP contribution in [0, 0.1) is 0 Å². The van der Waals surface area contributed by atoms with Gasteiger partial charge in [-0.2, -0.15) is 0 Å². The van der Waals surface area contributed by atoms with Crippen LogP contribution in [-0.4, -0.2) is 11.6 Å². The van der Waals surface area contributed by atoms with E-state index in [0.29, 0.717) is 0 Å². The summed E-state index contributed by atoms with van der Waals surface area (Å²) in [6.07, 6.45) is 2.01. The van der Waals surface area contributed by atoms with E-state index >= 15 is 0 Å². The van der Waals surface area contributed by atoms with Crippen molar-refractivity contribution in [3.8, 4) is 11.5 Å². The summed E-state index contributed by atoms with van der Waals surface area (Å²) in [5.74, 6) is -2.32. The molecule has 70 valence electrons. The maximum atomic E-state index is 11.2. The fourth-order valence-electron chi connectivity index (χ4n) is 1.37. The molecule has 4 nitrogen and oxygen atoms in total. The van der Waals surface area contributed by atoms with Gasteiger partial charge in [0.2, 0.25) is 0 Å². The zero-order valence-corrected chi connectivity index (χ0v) is 8.94. The van der Waals surface area contributed by atoms with Crippen molar-refractivity contribution in [2.24, 2.45) is 0 Å². The Labute approximate surface area is 116 Å². The van der Waals surface area contributed by atoms with Gasteiger partial charge < -0.3 is 10.2 Å². The van der Waals surface area contributed by atoms with E-state index in [0.717, 1.165) is 24.3 Å². The Balaban J connectivity index is 0.00000112. The molecule has 0 N–H and O–H groups in total. The van der Waals surface area contributed by atoms with E-state index in [-0.39, 0.29) is 48.8 Å². The van der Waals surface area contributed by atoms with Crippen LogP contribution in [0.4, 0.5) is 0 Å². The van der Waals surface area contributed by atoms with Gasteiger partial charge in [0.25, 0.3) is 0 Å². The third kappa shape index (κ3) is 2.26. The van der Waals surface area contributed by atoms with Crippen molar-refractivity contribution in [3.05, 3.63) is 35.4 Å². The van der Waals surface area contributed by atoms with E-state index in [4.69, 9.17) is 0 Å². The molecule has 6 heteroatoms. The maximum absolute atomic E-state index is 11.2. The van der Waals surface area contributed by atoms with Gasteiger partial charge in [-0.3, -0.25) is 9.59 Å².